The van der Waals surface area contributed by atoms with Crippen molar-refractivity contribution in [2.45, 2.75) is 84.5 Å². The van der Waals surface area contributed by atoms with Gasteiger partial charge in [0.2, 0.25) is 0 Å². The molecule has 0 aromatic heterocycles. The van der Waals surface area contributed by atoms with Gasteiger partial charge < -0.3 is 14.8 Å². The number of nitrogens with one attached hydrogen (secondary N) is 1. The van der Waals surface area contributed by atoms with Gasteiger partial charge in [0.25, 0.3) is 0 Å². The van der Waals surface area contributed by atoms with Crippen LogP contribution in [0.5, 0.6) is 0 Å². The highest BCUT2D eigenvalue weighted by atomic mass is 17.2. The van der Waals surface area contributed by atoms with Crippen LogP contribution in [0.25, 0.3) is 0 Å². The lowest BCUT2D eigenvalue weighted by Gasteiger charge is -2.26. The van der Waals surface area contributed by atoms with Crippen molar-refractivity contribution < 1.29 is 38.4 Å². The van der Waals surface area contributed by atoms with Crippen LogP contribution in [0.3, 0.4) is 0 Å². The molecule has 0 aromatic carbocycles. The van der Waals surface area contributed by atoms with Gasteiger partial charge in [-0.3, -0.25) is 0 Å². The van der Waals surface area contributed by atoms with Crippen LogP contribution in [0.1, 0.15) is 67.2 Å². The van der Waals surface area contributed by atoms with Gasteiger partial charge in [-0.1, -0.05) is 0 Å². The van der Waals surface area contributed by atoms with Gasteiger partial charge in [-0.2, -0.15) is 0 Å². The predicted octanol–water partition coefficient (Wildman–Crippen LogP) is 2.41. The molecule has 1 amide bonds. The van der Waals surface area contributed by atoms with Gasteiger partial charge in [0, 0.05) is 0 Å². The zero-order chi connectivity index (χ0) is 20.8. The molecule has 1 aliphatic carbocycles. The van der Waals surface area contributed by atoms with Gasteiger partial charge in [0.1, 0.15) is 17.2 Å². The highest BCUT2D eigenvalue weighted by Crippen LogP contribution is 2.30. The number of hydrogen-bond acceptors (Lipinski definition) is 8. The third-order valence-corrected chi connectivity index (χ3v) is 3.15. The fraction of sp³-hybridized carbons (Fsp3) is 0.778. The van der Waals surface area contributed by atoms with Crippen molar-refractivity contribution >= 4 is 24.0 Å². The maximum Gasteiger partial charge on any atom is 0.408 e. The van der Waals surface area contributed by atoms with Gasteiger partial charge in [-0.05, 0) is 60.8 Å². The van der Waals surface area contributed by atoms with Crippen LogP contribution in [0.2, 0.25) is 0 Å². The monoisotopic (exact) mass is 387 g/mol. The van der Waals surface area contributed by atoms with E-state index in [9.17, 15) is 19.2 Å². The van der Waals surface area contributed by atoms with Crippen molar-refractivity contribution in [3.05, 3.63) is 0 Å². The quantitative estimate of drug-likeness (QED) is 0.419. The summed E-state index contributed by atoms with van der Waals surface area (Å²) in [5, 5.41) is 2.39. The normalized spacial score (nSPS) is 15.3. The molecule has 0 bridgehead atoms. The van der Waals surface area contributed by atoms with E-state index >= 15 is 0 Å². The van der Waals surface area contributed by atoms with Crippen LogP contribution in [-0.2, 0) is 33.6 Å². The highest BCUT2D eigenvalue weighted by molar-refractivity contribution is 5.82. The van der Waals surface area contributed by atoms with E-state index in [1.54, 1.807) is 41.5 Å². The average Bonchev–Trinajstić information content (AvgIpc) is 3.29. The van der Waals surface area contributed by atoms with E-state index in [2.05, 4.69) is 15.1 Å². The van der Waals surface area contributed by atoms with Gasteiger partial charge in [0.15, 0.2) is 0 Å². The number of alkyl carbamates (subject to hydrolysis) is 1. The molecule has 9 heteroatoms. The Bertz CT molecular complexity index is 569. The molecule has 1 N–H and O–H groups in total. The molecule has 1 fully saturated rings. The average molecular weight is 387 g/mol. The van der Waals surface area contributed by atoms with Crippen LogP contribution >= 0.6 is 0 Å². The minimum Gasteiger partial charge on any atom is -0.458 e. The molecular weight excluding hydrogens is 358 g/mol. The van der Waals surface area contributed by atoms with Crippen LogP contribution in [0.15, 0.2) is 0 Å². The van der Waals surface area contributed by atoms with Crippen LogP contribution < -0.4 is 5.32 Å². The molecule has 9 nitrogen and oxygen atoms in total. The van der Waals surface area contributed by atoms with Crippen molar-refractivity contribution in [1.82, 2.24) is 5.32 Å². The number of ether oxygens (including phenoxy) is 2. The summed E-state index contributed by atoms with van der Waals surface area (Å²) in [6, 6.07) is -1.12. The summed E-state index contributed by atoms with van der Waals surface area (Å²) in [7, 11) is 0. The second-order valence-electron chi connectivity index (χ2n) is 8.40. The largest absolute Gasteiger partial charge is 0.458 e. The van der Waals surface area contributed by atoms with Crippen LogP contribution in [-0.4, -0.2) is 41.2 Å². The van der Waals surface area contributed by atoms with Crippen LogP contribution in [0.4, 0.5) is 4.79 Å². The van der Waals surface area contributed by atoms with E-state index in [0.717, 1.165) is 12.8 Å². The maximum absolute atomic E-state index is 12.3. The summed E-state index contributed by atoms with van der Waals surface area (Å²) in [6.07, 6.45) is 0.256. The third-order valence-electron chi connectivity index (χ3n) is 3.15. The lowest BCUT2D eigenvalue weighted by Crippen LogP contribution is -2.46. The molecule has 27 heavy (non-hydrogen) atoms. The van der Waals surface area contributed by atoms with Crippen molar-refractivity contribution in [1.29, 1.82) is 0 Å². The predicted molar refractivity (Wildman–Crippen MR) is 93.1 cm³/mol. The first-order valence-corrected chi connectivity index (χ1v) is 8.90. The van der Waals surface area contributed by atoms with Gasteiger partial charge in [-0.25, -0.2) is 29.0 Å². The Morgan fingerprint density at radius 2 is 1.48 bits per heavy atom. The Hall–Kier alpha value is -2.32. The summed E-state index contributed by atoms with van der Waals surface area (Å²) >= 11 is 0. The maximum atomic E-state index is 12.3. The molecular formula is C18H29NO8. The highest BCUT2D eigenvalue weighted by Gasteiger charge is 2.33. The Balaban J connectivity index is 2.58. The van der Waals surface area contributed by atoms with Crippen molar-refractivity contribution in [2.24, 2.45) is 5.92 Å². The minimum absolute atomic E-state index is 0.103. The van der Waals surface area contributed by atoms with E-state index < -0.39 is 41.2 Å². The first kappa shape index (κ1) is 22.7. The van der Waals surface area contributed by atoms with E-state index in [1.807, 2.05) is 0 Å². The van der Waals surface area contributed by atoms with Crippen molar-refractivity contribution in [3.63, 3.8) is 0 Å². The Morgan fingerprint density at radius 1 is 0.926 bits per heavy atom. The fourth-order valence-electron chi connectivity index (χ4n) is 1.85. The fourth-order valence-corrected chi connectivity index (χ4v) is 1.85. The molecule has 0 aromatic rings. The first-order valence-electron chi connectivity index (χ1n) is 8.90. The smallest absolute Gasteiger partial charge is 0.408 e. The number of carbonyl (C=O) groups excluding carboxylic acids is 4. The minimum atomic E-state index is -1.12. The van der Waals surface area contributed by atoms with Gasteiger partial charge in [0.05, 0.1) is 12.3 Å². The molecule has 154 valence electrons. The topological polar surface area (TPSA) is 117 Å². The second-order valence-corrected chi connectivity index (χ2v) is 8.40. The molecule has 0 unspecified atom stereocenters. The zero-order valence-electron chi connectivity index (χ0n) is 16.7. The summed E-state index contributed by atoms with van der Waals surface area (Å²) < 4.78 is 10.4. The molecule has 1 aliphatic rings. The lowest BCUT2D eigenvalue weighted by atomic mass is 10.1. The number of carbonyl (C=O) groups is 4. The van der Waals surface area contributed by atoms with E-state index in [4.69, 9.17) is 9.47 Å². The SMILES string of the molecule is CC(C)(C)OC(=O)N[C@@H](CCC(=O)OOC(=O)C1CC1)C(=O)OC(C)(C)C. The first-order chi connectivity index (χ1) is 12.3. The molecule has 0 saturated heterocycles. The summed E-state index contributed by atoms with van der Waals surface area (Å²) in [4.78, 5) is 56.2. The summed E-state index contributed by atoms with van der Waals surface area (Å²) in [5.41, 5.74) is -1.52. The third kappa shape index (κ3) is 10.4. The number of esters is 1. The number of hydrogen-bond donors (Lipinski definition) is 1. The molecule has 0 aliphatic heterocycles. The Labute approximate surface area is 159 Å². The van der Waals surface area contributed by atoms with Crippen molar-refractivity contribution in [3.8, 4) is 0 Å². The lowest BCUT2D eigenvalue weighted by molar-refractivity contribution is -0.260. The molecule has 0 spiro atoms. The summed E-state index contributed by atoms with van der Waals surface area (Å²) in [6.45, 7) is 10.1. The van der Waals surface area contributed by atoms with E-state index in [0.29, 0.717) is 0 Å². The molecule has 0 heterocycles. The van der Waals surface area contributed by atoms with Crippen LogP contribution in [0, 0.1) is 5.92 Å². The Morgan fingerprint density at radius 3 is 1.96 bits per heavy atom. The van der Waals surface area contributed by atoms with Gasteiger partial charge in [-0.15, -0.1) is 0 Å². The molecule has 1 rings (SSSR count). The summed E-state index contributed by atoms with van der Waals surface area (Å²) in [5.74, 6) is -2.33. The standard InChI is InChI=1S/C18H29NO8/c1-17(2,3)24-15(22)12(19-16(23)25-18(4,5)6)9-10-13(20)26-27-14(21)11-7-8-11/h11-12H,7-10H2,1-6H3,(H,19,23)/t12-/m0/s1. The van der Waals surface area contributed by atoms with Crippen molar-refractivity contribution in [2.75, 3.05) is 0 Å². The number of rotatable bonds is 6. The second kappa shape index (κ2) is 9.05. The number of amides is 1. The van der Waals surface area contributed by atoms with Gasteiger partial charge >= 0.3 is 24.0 Å². The molecule has 0 radical (unpaired) electrons. The van der Waals surface area contributed by atoms with E-state index in [1.165, 1.54) is 0 Å². The Kier molecular flexibility index (Phi) is 7.62. The molecule has 1 saturated carbocycles. The zero-order valence-corrected chi connectivity index (χ0v) is 16.7. The van der Waals surface area contributed by atoms with E-state index in [-0.39, 0.29) is 18.8 Å². The molecule has 1 atom stereocenters.